The number of ether oxygens (including phenoxy) is 1. The highest BCUT2D eigenvalue weighted by Crippen LogP contribution is 2.13. The summed E-state index contributed by atoms with van der Waals surface area (Å²) >= 11 is 5.74. The van der Waals surface area contributed by atoms with Crippen molar-refractivity contribution < 1.29 is 9.53 Å². The van der Waals surface area contributed by atoms with E-state index in [4.69, 9.17) is 16.3 Å². The number of anilines is 1. The molecule has 0 saturated heterocycles. The number of carbonyl (C=O) groups excluding carboxylic acids is 1. The van der Waals surface area contributed by atoms with Crippen molar-refractivity contribution in [2.45, 2.75) is 6.61 Å². The second-order valence-electron chi connectivity index (χ2n) is 3.56. The summed E-state index contributed by atoms with van der Waals surface area (Å²) < 4.78 is 5.05. The first kappa shape index (κ1) is 12.4. The van der Waals surface area contributed by atoms with E-state index in [0.29, 0.717) is 10.7 Å². The molecule has 0 bridgehead atoms. The third-order valence-corrected chi connectivity index (χ3v) is 2.46. The van der Waals surface area contributed by atoms with Crippen LogP contribution >= 0.6 is 11.6 Å². The van der Waals surface area contributed by atoms with Crippen LogP contribution in [0.15, 0.2) is 48.8 Å². The second kappa shape index (κ2) is 6.02. The molecule has 1 N–H and O–H groups in total. The first-order chi connectivity index (χ1) is 8.74. The van der Waals surface area contributed by atoms with E-state index in [2.05, 4.69) is 10.3 Å². The molecule has 4 nitrogen and oxygen atoms in total. The first-order valence-corrected chi connectivity index (χ1v) is 5.70. The van der Waals surface area contributed by atoms with Gasteiger partial charge < -0.3 is 4.74 Å². The number of carbonyl (C=O) groups is 1. The summed E-state index contributed by atoms with van der Waals surface area (Å²) in [7, 11) is 0. The summed E-state index contributed by atoms with van der Waals surface area (Å²) in [6.45, 7) is 0.210. The average molecular weight is 263 g/mol. The number of rotatable bonds is 3. The van der Waals surface area contributed by atoms with E-state index in [1.807, 2.05) is 0 Å². The number of benzene rings is 1. The van der Waals surface area contributed by atoms with Crippen molar-refractivity contribution >= 4 is 23.4 Å². The lowest BCUT2D eigenvalue weighted by Gasteiger charge is -2.06. The van der Waals surface area contributed by atoms with Crippen molar-refractivity contribution in [3.63, 3.8) is 0 Å². The van der Waals surface area contributed by atoms with Gasteiger partial charge >= 0.3 is 6.09 Å². The molecule has 0 spiro atoms. The molecule has 0 unspecified atom stereocenters. The molecule has 18 heavy (non-hydrogen) atoms. The minimum atomic E-state index is -0.505. The molecule has 0 saturated carbocycles. The molecule has 2 rings (SSSR count). The van der Waals surface area contributed by atoms with E-state index < -0.39 is 6.09 Å². The van der Waals surface area contributed by atoms with E-state index >= 15 is 0 Å². The number of halogens is 1. The predicted molar refractivity (Wildman–Crippen MR) is 69.5 cm³/mol. The number of amides is 1. The summed E-state index contributed by atoms with van der Waals surface area (Å²) in [4.78, 5) is 15.4. The van der Waals surface area contributed by atoms with Crippen LogP contribution in [0.2, 0.25) is 5.02 Å². The molecule has 0 aliphatic heterocycles. The summed E-state index contributed by atoms with van der Waals surface area (Å²) in [6.07, 6.45) is 2.79. The van der Waals surface area contributed by atoms with Gasteiger partial charge in [-0.2, -0.15) is 0 Å². The summed E-state index contributed by atoms with van der Waals surface area (Å²) in [5.41, 5.74) is 1.52. The molecule has 92 valence electrons. The van der Waals surface area contributed by atoms with Crippen LogP contribution in [0.5, 0.6) is 0 Å². The van der Waals surface area contributed by atoms with Crippen LogP contribution in [0.25, 0.3) is 0 Å². The Morgan fingerprint density at radius 2 is 1.83 bits per heavy atom. The van der Waals surface area contributed by atoms with Gasteiger partial charge in [0.15, 0.2) is 0 Å². The molecule has 0 aliphatic rings. The lowest BCUT2D eigenvalue weighted by atomic mass is 10.3. The van der Waals surface area contributed by atoms with Gasteiger partial charge in [-0.1, -0.05) is 11.6 Å². The second-order valence-corrected chi connectivity index (χ2v) is 4.00. The van der Waals surface area contributed by atoms with Crippen molar-refractivity contribution in [3.8, 4) is 0 Å². The van der Waals surface area contributed by atoms with Crippen LogP contribution in [0.4, 0.5) is 10.5 Å². The molecule has 5 heteroatoms. The third kappa shape index (κ3) is 3.75. The van der Waals surface area contributed by atoms with Crippen molar-refractivity contribution in [3.05, 3.63) is 59.4 Å². The zero-order chi connectivity index (χ0) is 12.8. The Balaban J connectivity index is 1.84. The highest BCUT2D eigenvalue weighted by atomic mass is 35.5. The molecular weight excluding hydrogens is 252 g/mol. The minimum absolute atomic E-state index is 0.210. The fourth-order valence-corrected chi connectivity index (χ4v) is 1.44. The summed E-state index contributed by atoms with van der Waals surface area (Å²) in [6, 6.07) is 10.4. The Hall–Kier alpha value is -2.07. The Morgan fingerprint density at radius 1 is 1.17 bits per heavy atom. The number of nitrogens with one attached hydrogen (secondary N) is 1. The van der Waals surface area contributed by atoms with E-state index in [1.165, 1.54) is 0 Å². The van der Waals surface area contributed by atoms with Gasteiger partial charge in [0.25, 0.3) is 0 Å². The van der Waals surface area contributed by atoms with Crippen LogP contribution < -0.4 is 5.32 Å². The average Bonchev–Trinajstić information content (AvgIpc) is 2.40. The van der Waals surface area contributed by atoms with Crippen molar-refractivity contribution in [1.29, 1.82) is 0 Å². The van der Waals surface area contributed by atoms with Crippen molar-refractivity contribution in [2.75, 3.05) is 5.32 Å². The molecule has 0 radical (unpaired) electrons. The van der Waals surface area contributed by atoms with E-state index in [1.54, 1.807) is 48.8 Å². The normalized spacial score (nSPS) is 9.83. The van der Waals surface area contributed by atoms with Crippen LogP contribution in [0.1, 0.15) is 5.56 Å². The zero-order valence-electron chi connectivity index (χ0n) is 9.47. The van der Waals surface area contributed by atoms with Crippen LogP contribution in [-0.2, 0) is 11.3 Å². The van der Waals surface area contributed by atoms with E-state index in [9.17, 15) is 4.79 Å². The molecule has 1 amide bonds. The molecule has 0 aliphatic carbocycles. The SMILES string of the molecule is O=C(Nc1ccc(Cl)cc1)OCc1ccncc1. The Kier molecular flexibility index (Phi) is 4.15. The van der Waals surface area contributed by atoms with Gasteiger partial charge in [-0.05, 0) is 42.0 Å². The van der Waals surface area contributed by atoms with Gasteiger partial charge in [-0.15, -0.1) is 0 Å². The van der Waals surface area contributed by atoms with Crippen molar-refractivity contribution in [2.24, 2.45) is 0 Å². The fraction of sp³-hybridized carbons (Fsp3) is 0.0769. The number of aromatic nitrogens is 1. The topological polar surface area (TPSA) is 51.2 Å². The maximum absolute atomic E-state index is 11.5. The van der Waals surface area contributed by atoms with Crippen molar-refractivity contribution in [1.82, 2.24) is 4.98 Å². The fourth-order valence-electron chi connectivity index (χ4n) is 1.32. The minimum Gasteiger partial charge on any atom is -0.444 e. The quantitative estimate of drug-likeness (QED) is 0.921. The number of hydrogen-bond donors (Lipinski definition) is 1. The number of hydrogen-bond acceptors (Lipinski definition) is 3. The molecule has 1 aromatic heterocycles. The maximum atomic E-state index is 11.5. The van der Waals surface area contributed by atoms with Crippen LogP contribution in [0, 0.1) is 0 Å². The smallest absolute Gasteiger partial charge is 0.411 e. The molecule has 1 heterocycles. The van der Waals surface area contributed by atoms with E-state index in [0.717, 1.165) is 5.56 Å². The summed E-state index contributed by atoms with van der Waals surface area (Å²) in [5.74, 6) is 0. The van der Waals surface area contributed by atoms with Crippen LogP contribution in [0.3, 0.4) is 0 Å². The van der Waals surface area contributed by atoms with Gasteiger partial charge in [0.05, 0.1) is 0 Å². The Morgan fingerprint density at radius 3 is 2.50 bits per heavy atom. The van der Waals surface area contributed by atoms with Gasteiger partial charge in [0.2, 0.25) is 0 Å². The Labute approximate surface area is 110 Å². The number of nitrogens with zero attached hydrogens (tertiary/aromatic N) is 1. The molecule has 2 aromatic rings. The summed E-state index contributed by atoms with van der Waals surface area (Å²) in [5, 5.41) is 3.22. The highest BCUT2D eigenvalue weighted by molar-refractivity contribution is 6.30. The lowest BCUT2D eigenvalue weighted by molar-refractivity contribution is 0.155. The van der Waals surface area contributed by atoms with Gasteiger partial charge in [-0.3, -0.25) is 10.3 Å². The Bertz CT molecular complexity index is 514. The lowest BCUT2D eigenvalue weighted by Crippen LogP contribution is -2.13. The van der Waals surface area contributed by atoms with E-state index in [-0.39, 0.29) is 6.61 Å². The molecule has 1 aromatic carbocycles. The van der Waals surface area contributed by atoms with Crippen LogP contribution in [-0.4, -0.2) is 11.1 Å². The molecule has 0 fully saturated rings. The molecular formula is C13H11ClN2O2. The third-order valence-electron chi connectivity index (χ3n) is 2.21. The highest BCUT2D eigenvalue weighted by Gasteiger charge is 2.03. The first-order valence-electron chi connectivity index (χ1n) is 5.32. The van der Waals surface area contributed by atoms with Gasteiger partial charge in [0.1, 0.15) is 6.61 Å². The molecule has 0 atom stereocenters. The standard InChI is InChI=1S/C13H11ClN2O2/c14-11-1-3-12(4-2-11)16-13(17)18-9-10-5-7-15-8-6-10/h1-8H,9H2,(H,16,17). The number of pyridine rings is 1. The van der Waals surface area contributed by atoms with Gasteiger partial charge in [0, 0.05) is 23.1 Å². The monoisotopic (exact) mass is 262 g/mol. The maximum Gasteiger partial charge on any atom is 0.411 e. The predicted octanol–water partition coefficient (Wildman–Crippen LogP) is 3.48. The largest absolute Gasteiger partial charge is 0.444 e. The zero-order valence-corrected chi connectivity index (χ0v) is 10.2. The van der Waals surface area contributed by atoms with Gasteiger partial charge in [-0.25, -0.2) is 4.79 Å².